The minimum absolute atomic E-state index is 0.0470. The first kappa shape index (κ1) is 22.7. The topological polar surface area (TPSA) is 76.3 Å². The summed E-state index contributed by atoms with van der Waals surface area (Å²) in [5, 5.41) is 14.9. The molecule has 0 radical (unpaired) electrons. The van der Waals surface area contributed by atoms with Gasteiger partial charge in [0.1, 0.15) is 10.8 Å². The predicted molar refractivity (Wildman–Crippen MR) is 130 cm³/mol. The zero-order chi connectivity index (χ0) is 22.8. The van der Waals surface area contributed by atoms with Crippen LogP contribution in [0.15, 0.2) is 52.9 Å². The van der Waals surface area contributed by atoms with Crippen molar-refractivity contribution in [1.29, 1.82) is 0 Å². The Hall–Kier alpha value is -2.13. The molecule has 0 amide bonds. The molecule has 2 fully saturated rings. The van der Waals surface area contributed by atoms with Crippen molar-refractivity contribution in [2.24, 2.45) is 5.41 Å². The van der Waals surface area contributed by atoms with Crippen LogP contribution in [0, 0.1) is 5.41 Å². The molecule has 0 aliphatic carbocycles. The zero-order valence-corrected chi connectivity index (χ0v) is 20.2. The van der Waals surface area contributed by atoms with Gasteiger partial charge in [-0.05, 0) is 37.7 Å². The summed E-state index contributed by atoms with van der Waals surface area (Å²) in [4.78, 5) is 12.6. The molecule has 1 N–H and O–H groups in total. The molecule has 2 aromatic heterocycles. The third kappa shape index (κ3) is 4.89. The van der Waals surface area contributed by atoms with Gasteiger partial charge >= 0.3 is 0 Å². The number of piperidine rings is 1. The van der Waals surface area contributed by atoms with Gasteiger partial charge in [-0.1, -0.05) is 35.5 Å². The summed E-state index contributed by atoms with van der Waals surface area (Å²) in [7, 11) is 0. The molecular formula is C24H28ClN5O2S. The summed E-state index contributed by atoms with van der Waals surface area (Å²) < 4.78 is 7.55. The molecule has 0 unspecified atom stereocenters. The number of aliphatic hydroxyl groups is 1. The lowest BCUT2D eigenvalue weighted by atomic mass is 9.77. The Bertz CT molecular complexity index is 1100. The van der Waals surface area contributed by atoms with Gasteiger partial charge in [0.2, 0.25) is 0 Å². The van der Waals surface area contributed by atoms with Crippen LogP contribution in [0.3, 0.4) is 0 Å². The number of hydrogen-bond donors (Lipinski definition) is 1. The number of aromatic nitrogens is 4. The lowest BCUT2D eigenvalue weighted by Gasteiger charge is -2.38. The first-order valence-electron chi connectivity index (χ1n) is 11.3. The number of nitrogens with zero attached hydrogens (tertiary/aromatic N) is 5. The van der Waals surface area contributed by atoms with Crippen molar-refractivity contribution < 1.29 is 9.84 Å². The molecule has 4 heterocycles. The standard InChI is InChI=1S/C24H28ClN5O2S/c1-17-11-24(16-32-17)5-7-29(8-6-24)21-13-27-22(14-26-21)33-20-4-2-3-19(23(20)25)18-12-28-30(15-18)9-10-31/h2-4,12-15,17,31H,5-11,16H2,1H3/t17-/m0/s1. The highest BCUT2D eigenvalue weighted by molar-refractivity contribution is 7.99. The van der Waals surface area contributed by atoms with Gasteiger partial charge in [-0.15, -0.1) is 0 Å². The molecule has 1 aromatic carbocycles. The van der Waals surface area contributed by atoms with Gasteiger partial charge in [0.05, 0.1) is 49.5 Å². The quantitative estimate of drug-likeness (QED) is 0.549. The maximum atomic E-state index is 9.11. The average Bonchev–Trinajstić information content (AvgIpc) is 3.43. The van der Waals surface area contributed by atoms with Crippen LogP contribution in [0.2, 0.25) is 5.02 Å². The molecule has 3 aromatic rings. The highest BCUT2D eigenvalue weighted by Crippen LogP contribution is 2.42. The van der Waals surface area contributed by atoms with E-state index in [1.807, 2.05) is 36.8 Å². The van der Waals surface area contributed by atoms with Gasteiger partial charge in [-0.3, -0.25) is 4.68 Å². The minimum Gasteiger partial charge on any atom is -0.394 e. The van der Waals surface area contributed by atoms with E-state index < -0.39 is 0 Å². The molecule has 0 bridgehead atoms. The number of aliphatic hydroxyl groups excluding tert-OH is 1. The third-order valence-electron chi connectivity index (χ3n) is 6.61. The predicted octanol–water partition coefficient (Wildman–Crippen LogP) is 4.53. The van der Waals surface area contributed by atoms with Gasteiger partial charge < -0.3 is 14.7 Å². The van der Waals surface area contributed by atoms with Crippen LogP contribution >= 0.6 is 23.4 Å². The second-order valence-corrected chi connectivity index (χ2v) is 10.4. The molecule has 2 saturated heterocycles. The van der Waals surface area contributed by atoms with Crippen LogP contribution in [0.1, 0.15) is 26.2 Å². The fourth-order valence-corrected chi connectivity index (χ4v) is 5.92. The molecule has 1 spiro atoms. The van der Waals surface area contributed by atoms with Crippen LogP contribution in [-0.4, -0.2) is 57.3 Å². The second-order valence-electron chi connectivity index (χ2n) is 8.96. The van der Waals surface area contributed by atoms with E-state index in [-0.39, 0.29) is 6.61 Å². The van der Waals surface area contributed by atoms with Crippen LogP contribution < -0.4 is 4.90 Å². The molecule has 9 heteroatoms. The van der Waals surface area contributed by atoms with E-state index in [0.717, 1.165) is 59.4 Å². The first-order chi connectivity index (χ1) is 16.0. The summed E-state index contributed by atoms with van der Waals surface area (Å²) in [5.74, 6) is 0.928. The number of halogens is 1. The third-order valence-corrected chi connectivity index (χ3v) is 8.11. The maximum Gasteiger partial charge on any atom is 0.147 e. The molecule has 2 aliphatic rings. The van der Waals surface area contributed by atoms with Gasteiger partial charge in [-0.25, -0.2) is 9.97 Å². The molecule has 5 rings (SSSR count). The number of ether oxygens (including phenoxy) is 1. The van der Waals surface area contributed by atoms with Crippen molar-refractivity contribution in [3.63, 3.8) is 0 Å². The van der Waals surface area contributed by atoms with Gasteiger partial charge in [0.15, 0.2) is 0 Å². The minimum atomic E-state index is 0.0470. The molecule has 7 nitrogen and oxygen atoms in total. The lowest BCUT2D eigenvalue weighted by molar-refractivity contribution is 0.0976. The van der Waals surface area contributed by atoms with E-state index in [1.165, 1.54) is 18.2 Å². The van der Waals surface area contributed by atoms with Crippen LogP contribution in [0.25, 0.3) is 11.1 Å². The Balaban J connectivity index is 1.25. The summed E-state index contributed by atoms with van der Waals surface area (Å²) in [6.07, 6.45) is 11.2. The Labute approximate surface area is 203 Å². The summed E-state index contributed by atoms with van der Waals surface area (Å²) in [6, 6.07) is 5.94. The van der Waals surface area contributed by atoms with E-state index in [4.69, 9.17) is 26.4 Å². The van der Waals surface area contributed by atoms with Crippen LogP contribution in [0.4, 0.5) is 5.82 Å². The highest BCUT2D eigenvalue weighted by atomic mass is 35.5. The van der Waals surface area contributed by atoms with Crippen molar-refractivity contribution in [3.8, 4) is 11.1 Å². The van der Waals surface area contributed by atoms with Crippen molar-refractivity contribution in [3.05, 3.63) is 48.0 Å². The average molecular weight is 486 g/mol. The molecule has 1 atom stereocenters. The lowest BCUT2D eigenvalue weighted by Crippen LogP contribution is -2.41. The Morgan fingerprint density at radius 1 is 1.21 bits per heavy atom. The van der Waals surface area contributed by atoms with Crippen molar-refractivity contribution in [1.82, 2.24) is 19.7 Å². The Morgan fingerprint density at radius 2 is 2.06 bits per heavy atom. The van der Waals surface area contributed by atoms with Crippen LogP contribution in [-0.2, 0) is 11.3 Å². The largest absolute Gasteiger partial charge is 0.394 e. The molecule has 174 valence electrons. The monoisotopic (exact) mass is 485 g/mol. The van der Waals surface area contributed by atoms with Gasteiger partial charge in [0, 0.05) is 35.3 Å². The molecular weight excluding hydrogens is 458 g/mol. The number of rotatable bonds is 6. The Kier molecular flexibility index (Phi) is 6.60. The van der Waals surface area contributed by atoms with Crippen molar-refractivity contribution >= 4 is 29.2 Å². The molecule has 2 aliphatic heterocycles. The van der Waals surface area contributed by atoms with E-state index in [2.05, 4.69) is 21.9 Å². The fourth-order valence-electron chi connectivity index (χ4n) is 4.78. The number of hydrogen-bond acceptors (Lipinski definition) is 7. The van der Waals surface area contributed by atoms with Gasteiger partial charge in [0.25, 0.3) is 0 Å². The van der Waals surface area contributed by atoms with E-state index >= 15 is 0 Å². The van der Waals surface area contributed by atoms with E-state index in [0.29, 0.717) is 23.1 Å². The van der Waals surface area contributed by atoms with Gasteiger partial charge in [-0.2, -0.15) is 5.10 Å². The van der Waals surface area contributed by atoms with Crippen LogP contribution in [0.5, 0.6) is 0 Å². The maximum absolute atomic E-state index is 9.11. The van der Waals surface area contributed by atoms with Crippen molar-refractivity contribution in [2.45, 2.75) is 48.8 Å². The van der Waals surface area contributed by atoms with Crippen molar-refractivity contribution in [2.75, 3.05) is 31.2 Å². The van der Waals surface area contributed by atoms with E-state index in [9.17, 15) is 0 Å². The number of benzene rings is 1. The molecule has 0 saturated carbocycles. The molecule has 33 heavy (non-hydrogen) atoms. The normalized spacial score (nSPS) is 20.0. The number of anilines is 1. The Morgan fingerprint density at radius 3 is 2.76 bits per heavy atom. The second kappa shape index (κ2) is 9.62. The van der Waals surface area contributed by atoms with E-state index in [1.54, 1.807) is 10.9 Å². The fraction of sp³-hybridized carbons (Fsp3) is 0.458. The summed E-state index contributed by atoms with van der Waals surface area (Å²) in [6.45, 7) is 5.56. The highest BCUT2D eigenvalue weighted by Gasteiger charge is 2.41. The summed E-state index contributed by atoms with van der Waals surface area (Å²) >= 11 is 8.23. The SMILES string of the molecule is C[C@H]1CC2(CCN(c3cnc(Sc4cccc(-c5cnn(CCO)c5)c4Cl)cn3)CC2)CO1. The smallest absolute Gasteiger partial charge is 0.147 e. The zero-order valence-electron chi connectivity index (χ0n) is 18.7. The first-order valence-corrected chi connectivity index (χ1v) is 12.5. The summed E-state index contributed by atoms with van der Waals surface area (Å²) in [5.41, 5.74) is 2.18.